The summed E-state index contributed by atoms with van der Waals surface area (Å²) in [6.45, 7) is -4.87. The van der Waals surface area contributed by atoms with E-state index in [2.05, 4.69) is 24.3 Å². The molecular formula is C66H111N3O55S2. The maximum Gasteiger partial charge on any atom is 0.397 e. The van der Waals surface area contributed by atoms with E-state index in [0.717, 1.165) is 27.7 Å². The van der Waals surface area contributed by atoms with Crippen molar-refractivity contribution in [1.29, 1.82) is 0 Å². The Labute approximate surface area is 712 Å². The lowest BCUT2D eigenvalue weighted by Gasteiger charge is -2.52. The maximum atomic E-state index is 13.7. The average Bonchev–Trinajstić information content (AvgIpc) is 0.756. The molecule has 0 unspecified atom stereocenters. The van der Waals surface area contributed by atoms with Gasteiger partial charge in [-0.15, -0.1) is 0 Å². The molecule has 58 nitrogen and oxygen atoms in total. The van der Waals surface area contributed by atoms with Gasteiger partial charge in [-0.1, -0.05) is 0 Å². The van der Waals surface area contributed by atoms with E-state index in [1.54, 1.807) is 0 Å². The van der Waals surface area contributed by atoms with Crippen LogP contribution in [0.5, 0.6) is 0 Å². The first-order valence-corrected chi connectivity index (χ1v) is 41.9. The van der Waals surface area contributed by atoms with Crippen LogP contribution in [0.15, 0.2) is 0 Å². The average molecular weight is 1890 g/mol. The second-order valence-corrected chi connectivity index (χ2v) is 33.4. The third-order valence-corrected chi connectivity index (χ3v) is 23.3. The Bertz CT molecular complexity index is 3700. The molecule has 732 valence electrons. The maximum absolute atomic E-state index is 13.7. The van der Waals surface area contributed by atoms with E-state index in [9.17, 15) is 168 Å². The van der Waals surface area contributed by atoms with E-state index in [4.69, 9.17) is 90.0 Å². The molecule has 10 aliphatic rings. The summed E-state index contributed by atoms with van der Waals surface area (Å²) in [7, 11) is -11.3. The molecule has 10 saturated heterocycles. The minimum absolute atomic E-state index is 0.777. The van der Waals surface area contributed by atoms with E-state index in [-0.39, 0.29) is 0 Å². The van der Waals surface area contributed by atoms with Crippen LogP contribution in [0.2, 0.25) is 0 Å². The molecule has 0 aromatic heterocycles. The molecule has 0 bridgehead atoms. The zero-order valence-corrected chi connectivity index (χ0v) is 68.5. The van der Waals surface area contributed by atoms with Crippen molar-refractivity contribution in [3.63, 3.8) is 0 Å². The van der Waals surface area contributed by atoms with Gasteiger partial charge in [0.15, 0.2) is 62.9 Å². The fourth-order valence-electron chi connectivity index (χ4n) is 15.7. The fourth-order valence-corrected chi connectivity index (χ4v) is 16.5. The van der Waals surface area contributed by atoms with Crippen LogP contribution in [-0.2, 0) is 134 Å². The number of aliphatic hydroxyl groups is 25. The highest BCUT2D eigenvalue weighted by Gasteiger charge is 2.62. The fraction of sp³-hybridized carbons (Fsp3) is 0.955. The van der Waals surface area contributed by atoms with Crippen molar-refractivity contribution in [2.24, 2.45) is 0 Å². The smallest absolute Gasteiger partial charge is 0.394 e. The normalized spacial score (nSPS) is 48.8. The van der Waals surface area contributed by atoms with Crippen LogP contribution in [0.25, 0.3) is 0 Å². The molecule has 0 radical (unpaired) electrons. The summed E-state index contributed by atoms with van der Waals surface area (Å²) in [5.41, 5.74) is 0. The topological polar surface area (TPSA) is 896 Å². The first kappa shape index (κ1) is 104. The molecule has 10 fully saturated rings. The van der Waals surface area contributed by atoms with Crippen molar-refractivity contribution in [1.82, 2.24) is 16.0 Å². The lowest BCUT2D eigenvalue weighted by molar-refractivity contribution is -0.403. The molecule has 10 heterocycles. The minimum Gasteiger partial charge on any atom is -0.394 e. The summed E-state index contributed by atoms with van der Waals surface area (Å²) in [5, 5.41) is 287. The van der Waals surface area contributed by atoms with Gasteiger partial charge in [-0.2, -0.15) is 16.8 Å². The number of nitrogens with one attached hydrogen (secondary N) is 3. The molecular weight excluding hydrogens is 1780 g/mol. The summed E-state index contributed by atoms with van der Waals surface area (Å²) in [5.74, 6) is -3.10. The standard InChI is InChI=1S/C66H111N3O55S2/c1-14-30(78)38(86)43(91)60(107-14)105-12-25-50(36(84)27(57(97)109-25)67-16(3)75)117-58-28(68-17(4)76)37(85)49(22(9-73)113-58)118-65-48(96)55(35(83)24(115-65)11-104-61-47(95)54(34(82)21(8-72)110-61)121-63-45(93)40(88)32(80)19(6-70)111-63)122-66-56(41(89)33(81)20(7-71)112-66)123-59-29(69-18(5)77)53(120-64-46(94)42(90)51(23(10-74)114-64)124-126(101,102)103)52(26(116-59)13-106-125(98,99)100)119-62-44(92)39(87)31(79)15(2)108-62/h14-15,19-66,70-74,78-97H,6-13H2,1-5H3,(H,67,75)(H,68,76)(H,69,77)(H,98,99,100)(H,101,102,103)/t14-,15-,19+,20+,21+,22+,23+,24+,25+,26+,27+,28+,29+,30+,31+,32+,33+,34+,35+,36+,37+,38+,39+,40-,41-,42+,43-,44-,45-,46+,47-,48-,49+,50+,51-,52+,53+,54-,55-,56-,57+,58-,59-,60+,61-,62-,63+,64-,65-,66+/m0/s1. The minimum atomic E-state index is -5.70. The lowest BCUT2D eigenvalue weighted by atomic mass is 9.93. The van der Waals surface area contributed by atoms with Gasteiger partial charge in [0.2, 0.25) is 17.7 Å². The number of hydrogen-bond donors (Lipinski definition) is 30. The summed E-state index contributed by atoms with van der Waals surface area (Å²) in [4.78, 5) is 39.4. The molecule has 0 aliphatic carbocycles. The van der Waals surface area contributed by atoms with Gasteiger partial charge in [-0.3, -0.25) is 23.5 Å². The zero-order valence-electron chi connectivity index (χ0n) is 66.8. The van der Waals surface area contributed by atoms with Crippen LogP contribution in [0, 0.1) is 0 Å². The SMILES string of the molecule is CC(=O)N[C@@H]1[C@@H](O)[C@H](O[C@@H]2O[C@H](CO)[C@@H](O[C@@H]3O[C@H](CO[C@H]4O[C@H](CO)[C@@H](O)[C@H](O[C@H]5O[C@H](CO)[C@@H](O)[C@H](O)[C@@H]5O)[C@@H]4O)[C@@H](O)[C@H](O[C@H]4O[C@H](CO)[C@@H](O)[C@H](O)[C@@H]4O[C@@H]4O[C@H](COS(=O)(=O)O)[C@@H](O[C@@H]5O[C@@H](C)[C@@H](O)[C@@H](O)[C@@H]5O)[C@H](O[C@@H]5O[C@H](CO)[C@H](OS(=O)(=O)O)[C@H](O)[C@H]5O)[C@H]4NC(C)=O)[C@@H]3O)[C@H](O)[C@H]2NC(C)=O)[C@@H](CO[C@@H]2O[C@@H](C)[C@@H](O)[C@@H](O)[C@@H]2O)O[C@H]1O. The van der Waals surface area contributed by atoms with Crippen molar-refractivity contribution in [3.8, 4) is 0 Å². The highest BCUT2D eigenvalue weighted by Crippen LogP contribution is 2.42. The van der Waals surface area contributed by atoms with E-state index in [1.165, 1.54) is 6.92 Å². The summed E-state index contributed by atoms with van der Waals surface area (Å²) in [6.07, 6.45) is -104. The van der Waals surface area contributed by atoms with Crippen LogP contribution in [-0.4, -0.2) is 531 Å². The quantitative estimate of drug-likeness (QED) is 0.0271. The molecule has 50 atom stereocenters. The Morgan fingerprint density at radius 3 is 1.14 bits per heavy atom. The van der Waals surface area contributed by atoms with Crippen molar-refractivity contribution < 1.29 is 266 Å². The highest BCUT2D eigenvalue weighted by molar-refractivity contribution is 7.81. The first-order chi connectivity index (χ1) is 59.1. The molecule has 126 heavy (non-hydrogen) atoms. The molecule has 0 aromatic rings. The molecule has 60 heteroatoms. The lowest BCUT2D eigenvalue weighted by Crippen LogP contribution is -2.71. The Morgan fingerprint density at radius 2 is 0.595 bits per heavy atom. The molecule has 0 spiro atoms. The van der Waals surface area contributed by atoms with Crippen LogP contribution >= 0.6 is 0 Å². The van der Waals surface area contributed by atoms with Crippen LogP contribution in [0.3, 0.4) is 0 Å². The number of aliphatic hydroxyl groups excluding tert-OH is 25. The Hall–Kier alpha value is -3.61. The second kappa shape index (κ2) is 44.3. The van der Waals surface area contributed by atoms with Crippen molar-refractivity contribution in [2.45, 2.75) is 341 Å². The van der Waals surface area contributed by atoms with E-state index in [0.29, 0.717) is 0 Å². The summed E-state index contributed by atoms with van der Waals surface area (Å²) >= 11 is 0. The number of hydrogen-bond acceptors (Lipinski definition) is 53. The predicted molar refractivity (Wildman–Crippen MR) is 382 cm³/mol. The zero-order chi connectivity index (χ0) is 93.2. The Morgan fingerprint density at radius 1 is 0.270 bits per heavy atom. The molecule has 30 N–H and O–H groups in total. The van der Waals surface area contributed by atoms with Gasteiger partial charge in [-0.25, -0.2) is 8.37 Å². The highest BCUT2D eigenvalue weighted by atomic mass is 32.3. The number of carbonyl (C=O) groups excluding carboxylic acids is 3. The molecule has 3 amide bonds. The van der Waals surface area contributed by atoms with E-state index < -0.39 is 398 Å². The summed E-state index contributed by atoms with van der Waals surface area (Å²) < 4.78 is 190. The van der Waals surface area contributed by atoms with Gasteiger partial charge < -0.3 is 234 Å². The van der Waals surface area contributed by atoms with Crippen LogP contribution in [0.4, 0.5) is 0 Å². The van der Waals surface area contributed by atoms with Gasteiger partial charge in [0.1, 0.15) is 232 Å². The summed E-state index contributed by atoms with van der Waals surface area (Å²) in [6, 6.07) is -6.22. The second-order valence-electron chi connectivity index (χ2n) is 31.3. The molecule has 0 saturated carbocycles. The largest absolute Gasteiger partial charge is 0.397 e. The number of rotatable bonds is 33. The molecule has 10 aliphatic heterocycles. The number of ether oxygens (including phenoxy) is 19. The van der Waals surface area contributed by atoms with Gasteiger partial charge in [0.25, 0.3) is 0 Å². The third kappa shape index (κ3) is 24.0. The predicted octanol–water partition coefficient (Wildman–Crippen LogP) is -20.7. The van der Waals surface area contributed by atoms with Gasteiger partial charge >= 0.3 is 20.8 Å². The van der Waals surface area contributed by atoms with E-state index >= 15 is 0 Å². The third-order valence-electron chi connectivity index (χ3n) is 22.4. The van der Waals surface area contributed by atoms with Gasteiger partial charge in [-0.05, 0) is 13.8 Å². The van der Waals surface area contributed by atoms with Crippen molar-refractivity contribution in [2.75, 3.05) is 52.9 Å². The van der Waals surface area contributed by atoms with Crippen molar-refractivity contribution in [3.05, 3.63) is 0 Å². The van der Waals surface area contributed by atoms with Crippen LogP contribution in [0.1, 0.15) is 34.6 Å². The van der Waals surface area contributed by atoms with Gasteiger partial charge in [0, 0.05) is 20.8 Å². The number of amides is 3. The van der Waals surface area contributed by atoms with Crippen molar-refractivity contribution >= 4 is 38.5 Å². The van der Waals surface area contributed by atoms with E-state index in [1.807, 2.05) is 0 Å². The molecule has 0 aromatic carbocycles. The Balaban J connectivity index is 1.02. The van der Waals surface area contributed by atoms with Gasteiger partial charge in [0.05, 0.1) is 65.1 Å². The monoisotopic (exact) mass is 1890 g/mol. The number of carbonyl (C=O) groups is 3. The first-order valence-electron chi connectivity index (χ1n) is 39.2. The molecule has 10 rings (SSSR count). The van der Waals surface area contributed by atoms with Crippen LogP contribution < -0.4 is 16.0 Å². The Kier molecular flexibility index (Phi) is 36.7.